The third-order valence-corrected chi connectivity index (χ3v) is 3.18. The molecule has 0 spiro atoms. The number of nitriles is 1. The van der Waals surface area contributed by atoms with Crippen molar-refractivity contribution in [3.05, 3.63) is 29.8 Å². The van der Waals surface area contributed by atoms with Crippen LogP contribution in [0.15, 0.2) is 24.3 Å². The van der Waals surface area contributed by atoms with Gasteiger partial charge in [0.1, 0.15) is 11.2 Å². The van der Waals surface area contributed by atoms with Gasteiger partial charge < -0.3 is 4.74 Å². The Morgan fingerprint density at radius 3 is 2.41 bits per heavy atom. The summed E-state index contributed by atoms with van der Waals surface area (Å²) in [6.45, 7) is 6.22. The molecular weight excluding hydrogens is 230 g/mol. The maximum Gasteiger partial charge on any atom is 0.133 e. The highest BCUT2D eigenvalue weighted by atomic mass is 32.2. The van der Waals surface area contributed by atoms with Crippen LogP contribution < -0.4 is 4.74 Å². The zero-order chi connectivity index (χ0) is 12.7. The Morgan fingerprint density at radius 1 is 1.24 bits per heavy atom. The van der Waals surface area contributed by atoms with Gasteiger partial charge in [0, 0.05) is 5.75 Å². The van der Waals surface area contributed by atoms with Gasteiger partial charge in [0.05, 0.1) is 6.10 Å². The Balaban J connectivity index is 2.48. The zero-order valence-electron chi connectivity index (χ0n) is 10.6. The summed E-state index contributed by atoms with van der Waals surface area (Å²) >= 11 is 1.33. The standard InChI is InChI=1S/C14H19NOS/c1-11(2)16-14-6-4-13(5-7-14)8-12(3)9-17-10-15/h4-7,11-12H,8-9H2,1-3H3. The van der Waals surface area contributed by atoms with Crippen molar-refractivity contribution in [2.24, 2.45) is 5.92 Å². The number of nitrogens with zero attached hydrogens (tertiary/aromatic N) is 1. The minimum Gasteiger partial charge on any atom is -0.491 e. The van der Waals surface area contributed by atoms with E-state index in [1.165, 1.54) is 17.3 Å². The molecule has 2 nitrogen and oxygen atoms in total. The second-order valence-electron chi connectivity index (χ2n) is 4.52. The van der Waals surface area contributed by atoms with Crippen LogP contribution in [0, 0.1) is 16.6 Å². The largest absolute Gasteiger partial charge is 0.491 e. The van der Waals surface area contributed by atoms with Crippen LogP contribution in [0.3, 0.4) is 0 Å². The highest BCUT2D eigenvalue weighted by molar-refractivity contribution is 8.03. The fourth-order valence-electron chi connectivity index (χ4n) is 1.62. The van der Waals surface area contributed by atoms with E-state index in [1.54, 1.807) is 0 Å². The molecule has 1 rings (SSSR count). The van der Waals surface area contributed by atoms with E-state index in [0.29, 0.717) is 5.92 Å². The van der Waals surface area contributed by atoms with Gasteiger partial charge in [-0.3, -0.25) is 0 Å². The van der Waals surface area contributed by atoms with E-state index >= 15 is 0 Å². The molecule has 1 aromatic carbocycles. The van der Waals surface area contributed by atoms with Crippen LogP contribution in [0.4, 0.5) is 0 Å². The Bertz CT molecular complexity index is 367. The molecule has 0 heterocycles. The topological polar surface area (TPSA) is 33.0 Å². The van der Waals surface area contributed by atoms with E-state index in [2.05, 4.69) is 24.5 Å². The molecule has 0 amide bonds. The molecule has 92 valence electrons. The molecule has 0 aliphatic rings. The number of thioether (sulfide) groups is 1. The SMILES string of the molecule is CC(CSC#N)Cc1ccc(OC(C)C)cc1. The predicted molar refractivity (Wildman–Crippen MR) is 73.1 cm³/mol. The molecule has 1 aromatic rings. The van der Waals surface area contributed by atoms with Crippen LogP contribution in [-0.4, -0.2) is 11.9 Å². The van der Waals surface area contributed by atoms with Gasteiger partial charge >= 0.3 is 0 Å². The third kappa shape index (κ3) is 5.65. The molecular formula is C14H19NOS. The average Bonchev–Trinajstić information content (AvgIpc) is 2.28. The molecule has 17 heavy (non-hydrogen) atoms. The molecule has 0 saturated heterocycles. The lowest BCUT2D eigenvalue weighted by Crippen LogP contribution is -2.06. The van der Waals surface area contributed by atoms with Gasteiger partial charge in [-0.2, -0.15) is 5.26 Å². The molecule has 1 atom stereocenters. The minimum atomic E-state index is 0.215. The van der Waals surface area contributed by atoms with Crippen LogP contribution in [0.2, 0.25) is 0 Å². The first kappa shape index (κ1) is 13.9. The normalized spacial score (nSPS) is 12.2. The van der Waals surface area contributed by atoms with Gasteiger partial charge in [0.25, 0.3) is 0 Å². The van der Waals surface area contributed by atoms with Crippen molar-refractivity contribution in [1.29, 1.82) is 5.26 Å². The van der Waals surface area contributed by atoms with E-state index < -0.39 is 0 Å². The van der Waals surface area contributed by atoms with Gasteiger partial charge in [0.2, 0.25) is 0 Å². The van der Waals surface area contributed by atoms with Gasteiger partial charge in [-0.1, -0.05) is 19.1 Å². The fourth-order valence-corrected chi connectivity index (χ4v) is 2.09. The Labute approximate surface area is 108 Å². The van der Waals surface area contributed by atoms with Crippen molar-refractivity contribution in [3.8, 4) is 11.2 Å². The number of thiocyanates is 1. The van der Waals surface area contributed by atoms with E-state index in [-0.39, 0.29) is 6.10 Å². The molecule has 1 unspecified atom stereocenters. The second kappa shape index (κ2) is 7.24. The first-order valence-corrected chi connectivity index (χ1v) is 6.87. The van der Waals surface area contributed by atoms with Crippen LogP contribution >= 0.6 is 11.8 Å². The summed E-state index contributed by atoms with van der Waals surface area (Å²) in [6.07, 6.45) is 1.23. The van der Waals surface area contributed by atoms with Crippen molar-refractivity contribution in [2.75, 3.05) is 5.75 Å². The van der Waals surface area contributed by atoms with Crippen molar-refractivity contribution in [2.45, 2.75) is 33.3 Å². The summed E-state index contributed by atoms with van der Waals surface area (Å²) in [4.78, 5) is 0. The minimum absolute atomic E-state index is 0.215. The lowest BCUT2D eigenvalue weighted by atomic mass is 10.0. The number of rotatable bonds is 6. The number of hydrogen-bond acceptors (Lipinski definition) is 3. The molecule has 0 radical (unpaired) electrons. The highest BCUT2D eigenvalue weighted by Gasteiger charge is 2.04. The van der Waals surface area contributed by atoms with E-state index in [4.69, 9.17) is 10.00 Å². The summed E-state index contributed by atoms with van der Waals surface area (Å²) < 4.78 is 5.59. The molecule has 0 N–H and O–H groups in total. The number of ether oxygens (including phenoxy) is 1. The summed E-state index contributed by atoms with van der Waals surface area (Å²) in [5.41, 5.74) is 1.30. The van der Waals surface area contributed by atoms with Crippen LogP contribution in [-0.2, 0) is 6.42 Å². The van der Waals surface area contributed by atoms with Crippen molar-refractivity contribution in [3.63, 3.8) is 0 Å². The Hall–Kier alpha value is -1.14. The van der Waals surface area contributed by atoms with Gasteiger partial charge in [-0.05, 0) is 55.6 Å². The van der Waals surface area contributed by atoms with Crippen LogP contribution in [0.1, 0.15) is 26.3 Å². The molecule has 0 aliphatic carbocycles. The maximum absolute atomic E-state index is 8.50. The number of hydrogen-bond donors (Lipinski definition) is 0. The summed E-state index contributed by atoms with van der Waals surface area (Å²) in [6, 6.07) is 8.23. The Morgan fingerprint density at radius 2 is 1.88 bits per heavy atom. The lowest BCUT2D eigenvalue weighted by molar-refractivity contribution is 0.242. The van der Waals surface area contributed by atoms with Crippen molar-refractivity contribution >= 4 is 11.8 Å². The third-order valence-electron chi connectivity index (χ3n) is 2.31. The van der Waals surface area contributed by atoms with Gasteiger partial charge in [0.15, 0.2) is 0 Å². The summed E-state index contributed by atoms with van der Waals surface area (Å²) in [5, 5.41) is 10.6. The maximum atomic E-state index is 8.50. The highest BCUT2D eigenvalue weighted by Crippen LogP contribution is 2.17. The molecule has 3 heteroatoms. The summed E-state index contributed by atoms with van der Waals surface area (Å²) in [5.74, 6) is 2.33. The molecule has 0 bridgehead atoms. The fraction of sp³-hybridized carbons (Fsp3) is 0.500. The average molecular weight is 249 g/mol. The molecule has 0 fully saturated rings. The summed E-state index contributed by atoms with van der Waals surface area (Å²) in [7, 11) is 0. The molecule has 0 aromatic heterocycles. The van der Waals surface area contributed by atoms with Crippen molar-refractivity contribution in [1.82, 2.24) is 0 Å². The monoisotopic (exact) mass is 249 g/mol. The van der Waals surface area contributed by atoms with Crippen LogP contribution in [0.25, 0.3) is 0 Å². The zero-order valence-corrected chi connectivity index (χ0v) is 11.5. The predicted octanol–water partition coefficient (Wildman–Crippen LogP) is 3.87. The second-order valence-corrected chi connectivity index (χ2v) is 5.33. The van der Waals surface area contributed by atoms with Gasteiger partial charge in [-0.25, -0.2) is 0 Å². The van der Waals surface area contributed by atoms with Crippen LogP contribution in [0.5, 0.6) is 5.75 Å². The molecule has 0 saturated carbocycles. The van der Waals surface area contributed by atoms with E-state index in [1.807, 2.05) is 26.0 Å². The van der Waals surface area contributed by atoms with Gasteiger partial charge in [-0.15, -0.1) is 0 Å². The molecule has 0 aliphatic heterocycles. The first-order chi connectivity index (χ1) is 8.11. The Kier molecular flexibility index (Phi) is 5.93. The first-order valence-electron chi connectivity index (χ1n) is 5.88. The smallest absolute Gasteiger partial charge is 0.133 e. The lowest BCUT2D eigenvalue weighted by Gasteiger charge is -2.12. The number of benzene rings is 1. The van der Waals surface area contributed by atoms with E-state index in [0.717, 1.165) is 17.9 Å². The quantitative estimate of drug-likeness (QED) is 0.718. The van der Waals surface area contributed by atoms with E-state index in [9.17, 15) is 0 Å². The van der Waals surface area contributed by atoms with Crippen molar-refractivity contribution < 1.29 is 4.74 Å².